The van der Waals surface area contributed by atoms with Crippen molar-refractivity contribution in [2.24, 2.45) is 11.5 Å². The van der Waals surface area contributed by atoms with Crippen LogP contribution in [0, 0.1) is 12.3 Å². The summed E-state index contributed by atoms with van der Waals surface area (Å²) < 4.78 is 26.7. The van der Waals surface area contributed by atoms with E-state index in [1.807, 2.05) is 6.92 Å². The highest BCUT2D eigenvalue weighted by molar-refractivity contribution is 7.89. The van der Waals surface area contributed by atoms with Crippen molar-refractivity contribution in [3.8, 4) is 0 Å². The molecule has 1 aromatic rings. The third-order valence-electron chi connectivity index (χ3n) is 2.96. The van der Waals surface area contributed by atoms with Gasteiger partial charge in [0.2, 0.25) is 15.9 Å². The summed E-state index contributed by atoms with van der Waals surface area (Å²) in [5, 5.41) is 9.57. The Morgan fingerprint density at radius 1 is 1.27 bits per heavy atom. The molecule has 1 amide bonds. The van der Waals surface area contributed by atoms with Gasteiger partial charge >= 0.3 is 0 Å². The maximum atomic E-state index is 12.2. The molecule has 0 aromatic heterocycles. The molecule has 0 fully saturated rings. The normalized spacial score (nSPS) is 12.6. The first-order valence-corrected chi connectivity index (χ1v) is 8.17. The molecule has 0 aliphatic heterocycles. The molecule has 0 aliphatic rings. The topological polar surface area (TPSA) is 151 Å². The fourth-order valence-corrected chi connectivity index (χ4v) is 3.00. The maximum absolute atomic E-state index is 12.2. The summed E-state index contributed by atoms with van der Waals surface area (Å²) >= 11 is 0. The molecule has 8 nitrogen and oxygen atoms in total. The molecule has 9 heteroatoms. The molecule has 0 spiro atoms. The van der Waals surface area contributed by atoms with E-state index in [4.69, 9.17) is 16.9 Å². The van der Waals surface area contributed by atoms with Crippen molar-refractivity contribution < 1.29 is 13.2 Å². The minimum Gasteiger partial charge on any atom is -0.370 e. The number of hydrogen-bond acceptors (Lipinski definition) is 4. The molecular weight excluding hydrogens is 306 g/mol. The minimum absolute atomic E-state index is 0.0752. The Balaban J connectivity index is 2.71. The van der Waals surface area contributed by atoms with E-state index in [1.165, 1.54) is 12.1 Å². The van der Waals surface area contributed by atoms with Crippen LogP contribution in [0.2, 0.25) is 0 Å². The van der Waals surface area contributed by atoms with E-state index in [1.54, 1.807) is 12.1 Å². The van der Waals surface area contributed by atoms with Crippen LogP contribution in [0.3, 0.4) is 0 Å². The van der Waals surface area contributed by atoms with Gasteiger partial charge in [0.05, 0.1) is 4.90 Å². The molecule has 22 heavy (non-hydrogen) atoms. The van der Waals surface area contributed by atoms with E-state index in [9.17, 15) is 13.2 Å². The largest absolute Gasteiger partial charge is 0.370 e. The van der Waals surface area contributed by atoms with E-state index < -0.39 is 22.0 Å². The van der Waals surface area contributed by atoms with Crippen LogP contribution in [0.15, 0.2) is 29.2 Å². The Morgan fingerprint density at radius 3 is 2.36 bits per heavy atom. The maximum Gasteiger partial charge on any atom is 0.241 e. The van der Waals surface area contributed by atoms with Gasteiger partial charge in [-0.1, -0.05) is 17.7 Å². The molecule has 7 N–H and O–H groups in total. The Labute approximate surface area is 129 Å². The molecule has 0 unspecified atom stereocenters. The summed E-state index contributed by atoms with van der Waals surface area (Å²) in [6.07, 6.45) is 0.643. The van der Waals surface area contributed by atoms with E-state index in [2.05, 4.69) is 10.0 Å². The third kappa shape index (κ3) is 5.70. The summed E-state index contributed by atoms with van der Waals surface area (Å²) in [5.74, 6) is -0.936. The Hall–Kier alpha value is -2.13. The standard InChI is InChI=1S/C13H21N5O3S/c1-9-4-6-10(7-5-9)22(20,21)18-11(12(14)19)3-2-8-17-13(15)16/h4-7,11,18H,2-3,8H2,1H3,(H2,14,19)(H4,15,16,17)/t11-/m0/s1. The van der Waals surface area contributed by atoms with Gasteiger partial charge in [-0.15, -0.1) is 0 Å². The zero-order valence-electron chi connectivity index (χ0n) is 12.3. The molecule has 0 saturated heterocycles. The number of hydrogen-bond donors (Lipinski definition) is 5. The third-order valence-corrected chi connectivity index (χ3v) is 4.44. The lowest BCUT2D eigenvalue weighted by molar-refractivity contribution is -0.119. The summed E-state index contributed by atoms with van der Waals surface area (Å²) in [6, 6.07) is 5.26. The number of guanidine groups is 1. The molecular formula is C13H21N5O3S. The fourth-order valence-electron chi connectivity index (χ4n) is 1.76. The Bertz CT molecular complexity index is 628. The number of primary amides is 1. The van der Waals surface area contributed by atoms with E-state index >= 15 is 0 Å². The average molecular weight is 327 g/mol. The number of rotatable bonds is 8. The Kier molecular flexibility index (Phi) is 6.32. The van der Waals surface area contributed by atoms with Gasteiger partial charge in [-0.2, -0.15) is 4.72 Å². The molecule has 0 bridgehead atoms. The molecule has 0 radical (unpaired) electrons. The number of nitrogens with one attached hydrogen (secondary N) is 3. The number of benzene rings is 1. The number of aryl methyl sites for hydroxylation is 1. The van der Waals surface area contributed by atoms with Crippen LogP contribution in [0.1, 0.15) is 18.4 Å². The first-order chi connectivity index (χ1) is 10.2. The highest BCUT2D eigenvalue weighted by Crippen LogP contribution is 2.11. The summed E-state index contributed by atoms with van der Waals surface area (Å²) in [6.45, 7) is 2.20. The highest BCUT2D eigenvalue weighted by Gasteiger charge is 2.23. The number of amides is 1. The number of carbonyl (C=O) groups is 1. The molecule has 1 atom stereocenters. The predicted octanol–water partition coefficient (Wildman–Crippen LogP) is -0.610. The predicted molar refractivity (Wildman–Crippen MR) is 83.6 cm³/mol. The second-order valence-electron chi connectivity index (χ2n) is 4.87. The van der Waals surface area contributed by atoms with Crippen LogP contribution in [0.5, 0.6) is 0 Å². The van der Waals surface area contributed by atoms with Crippen molar-refractivity contribution >= 4 is 21.9 Å². The molecule has 0 heterocycles. The summed E-state index contributed by atoms with van der Waals surface area (Å²) in [4.78, 5) is 11.5. The molecule has 0 saturated carbocycles. The van der Waals surface area contributed by atoms with Crippen LogP contribution in [0.4, 0.5) is 0 Å². The fraction of sp³-hybridized carbons (Fsp3) is 0.385. The van der Waals surface area contributed by atoms with Gasteiger partial charge in [0.1, 0.15) is 6.04 Å². The van der Waals surface area contributed by atoms with Crippen molar-refractivity contribution in [1.29, 1.82) is 5.41 Å². The molecule has 122 valence electrons. The lowest BCUT2D eigenvalue weighted by atomic mass is 10.1. The van der Waals surface area contributed by atoms with Crippen LogP contribution >= 0.6 is 0 Å². The van der Waals surface area contributed by atoms with E-state index in [0.717, 1.165) is 5.56 Å². The summed E-state index contributed by atoms with van der Waals surface area (Å²) in [5.41, 5.74) is 11.3. The van der Waals surface area contributed by atoms with E-state index in [0.29, 0.717) is 13.0 Å². The second-order valence-corrected chi connectivity index (χ2v) is 6.59. The average Bonchev–Trinajstić information content (AvgIpc) is 2.42. The number of carbonyl (C=O) groups excluding carboxylic acids is 1. The van der Waals surface area contributed by atoms with Crippen molar-refractivity contribution in [2.75, 3.05) is 6.54 Å². The van der Waals surface area contributed by atoms with Crippen LogP contribution < -0.4 is 21.5 Å². The number of sulfonamides is 1. The molecule has 0 aliphatic carbocycles. The lowest BCUT2D eigenvalue weighted by Crippen LogP contribution is -2.44. The highest BCUT2D eigenvalue weighted by atomic mass is 32.2. The quantitative estimate of drug-likeness (QED) is 0.245. The Morgan fingerprint density at radius 2 is 1.86 bits per heavy atom. The van der Waals surface area contributed by atoms with Gasteiger partial charge in [-0.25, -0.2) is 8.42 Å². The van der Waals surface area contributed by atoms with Crippen LogP contribution in [0.25, 0.3) is 0 Å². The first kappa shape index (κ1) is 17.9. The molecule has 1 rings (SSSR count). The zero-order valence-corrected chi connectivity index (χ0v) is 13.1. The monoisotopic (exact) mass is 327 g/mol. The van der Waals surface area contributed by atoms with Gasteiger partial charge in [0.15, 0.2) is 5.96 Å². The van der Waals surface area contributed by atoms with Crippen molar-refractivity contribution in [1.82, 2.24) is 10.0 Å². The SMILES string of the molecule is Cc1ccc(S(=O)(=O)N[C@@H](CCCNC(=N)N)C(N)=O)cc1. The van der Waals surface area contributed by atoms with Gasteiger partial charge in [-0.3, -0.25) is 10.2 Å². The second kappa shape index (κ2) is 7.76. The lowest BCUT2D eigenvalue weighted by Gasteiger charge is -2.16. The minimum atomic E-state index is -3.81. The molecule has 1 aromatic carbocycles. The van der Waals surface area contributed by atoms with Gasteiger partial charge in [0, 0.05) is 6.54 Å². The van der Waals surface area contributed by atoms with Crippen LogP contribution in [-0.2, 0) is 14.8 Å². The number of nitrogens with two attached hydrogens (primary N) is 2. The van der Waals surface area contributed by atoms with Crippen LogP contribution in [-0.4, -0.2) is 32.9 Å². The van der Waals surface area contributed by atoms with Gasteiger partial charge < -0.3 is 16.8 Å². The summed E-state index contributed by atoms with van der Waals surface area (Å²) in [7, 11) is -3.81. The zero-order chi connectivity index (χ0) is 16.8. The van der Waals surface area contributed by atoms with Gasteiger partial charge in [-0.05, 0) is 31.9 Å². The smallest absolute Gasteiger partial charge is 0.241 e. The van der Waals surface area contributed by atoms with Crippen molar-refractivity contribution in [3.63, 3.8) is 0 Å². The van der Waals surface area contributed by atoms with Crippen molar-refractivity contribution in [2.45, 2.75) is 30.7 Å². The van der Waals surface area contributed by atoms with E-state index in [-0.39, 0.29) is 17.3 Å². The van der Waals surface area contributed by atoms with Crippen molar-refractivity contribution in [3.05, 3.63) is 29.8 Å². The first-order valence-electron chi connectivity index (χ1n) is 6.68. The van der Waals surface area contributed by atoms with Gasteiger partial charge in [0.25, 0.3) is 0 Å².